The summed E-state index contributed by atoms with van der Waals surface area (Å²) in [6.07, 6.45) is 0. The average Bonchev–Trinajstić information content (AvgIpc) is 2.42. The molecule has 0 aliphatic heterocycles. The van der Waals surface area contributed by atoms with Gasteiger partial charge in [-0.05, 0) is 49.4 Å². The molecule has 2 rings (SSSR count). The van der Waals surface area contributed by atoms with Crippen LogP contribution in [0.15, 0.2) is 42.5 Å². The van der Waals surface area contributed by atoms with Crippen LogP contribution in [0, 0.1) is 5.82 Å². The first-order chi connectivity index (χ1) is 9.60. The van der Waals surface area contributed by atoms with E-state index in [0.29, 0.717) is 28.6 Å². The van der Waals surface area contributed by atoms with E-state index in [4.69, 9.17) is 16.3 Å². The number of ether oxygens (including phenoxy) is 1. The molecule has 2 aromatic carbocycles. The van der Waals surface area contributed by atoms with Crippen LogP contribution in [-0.4, -0.2) is 12.5 Å². The first-order valence-electron chi connectivity index (χ1n) is 6.09. The number of amides is 1. The van der Waals surface area contributed by atoms with Crippen molar-refractivity contribution in [3.05, 3.63) is 58.9 Å². The lowest BCUT2D eigenvalue weighted by atomic mass is 10.2. The molecule has 0 unspecified atom stereocenters. The highest BCUT2D eigenvalue weighted by Gasteiger charge is 2.10. The smallest absolute Gasteiger partial charge is 0.255 e. The van der Waals surface area contributed by atoms with Crippen LogP contribution in [0.2, 0.25) is 5.02 Å². The molecule has 0 radical (unpaired) electrons. The van der Waals surface area contributed by atoms with Gasteiger partial charge in [0.25, 0.3) is 5.91 Å². The maximum Gasteiger partial charge on any atom is 0.255 e. The highest BCUT2D eigenvalue weighted by atomic mass is 35.5. The van der Waals surface area contributed by atoms with Crippen molar-refractivity contribution < 1.29 is 13.9 Å². The zero-order chi connectivity index (χ0) is 14.5. The predicted molar refractivity (Wildman–Crippen MR) is 77.0 cm³/mol. The highest BCUT2D eigenvalue weighted by Crippen LogP contribution is 2.28. The van der Waals surface area contributed by atoms with E-state index in [9.17, 15) is 9.18 Å². The number of hydrogen-bond acceptors (Lipinski definition) is 2. The minimum Gasteiger partial charge on any atom is -0.492 e. The quantitative estimate of drug-likeness (QED) is 0.920. The van der Waals surface area contributed by atoms with Gasteiger partial charge < -0.3 is 10.1 Å². The molecule has 0 aromatic heterocycles. The van der Waals surface area contributed by atoms with Gasteiger partial charge in [0.2, 0.25) is 0 Å². The fourth-order valence-corrected chi connectivity index (χ4v) is 1.85. The summed E-state index contributed by atoms with van der Waals surface area (Å²) < 4.78 is 18.2. The molecule has 3 nitrogen and oxygen atoms in total. The van der Waals surface area contributed by atoms with Crippen molar-refractivity contribution in [3.8, 4) is 5.75 Å². The summed E-state index contributed by atoms with van der Waals surface area (Å²) >= 11 is 5.91. The number of halogens is 2. The van der Waals surface area contributed by atoms with E-state index in [1.54, 1.807) is 18.2 Å². The third-order valence-electron chi connectivity index (χ3n) is 2.60. The zero-order valence-electron chi connectivity index (χ0n) is 10.8. The molecule has 5 heteroatoms. The summed E-state index contributed by atoms with van der Waals surface area (Å²) in [4.78, 5) is 12.1. The zero-order valence-corrected chi connectivity index (χ0v) is 11.6. The summed E-state index contributed by atoms with van der Waals surface area (Å²) in [5.74, 6) is -0.208. The van der Waals surface area contributed by atoms with Crippen molar-refractivity contribution in [1.29, 1.82) is 0 Å². The topological polar surface area (TPSA) is 38.3 Å². The predicted octanol–water partition coefficient (Wildman–Crippen LogP) is 4.13. The van der Waals surface area contributed by atoms with E-state index in [-0.39, 0.29) is 11.7 Å². The Kier molecular flexibility index (Phi) is 4.58. The first-order valence-corrected chi connectivity index (χ1v) is 6.47. The normalized spacial score (nSPS) is 10.2. The first kappa shape index (κ1) is 14.3. The van der Waals surface area contributed by atoms with Gasteiger partial charge in [0, 0.05) is 10.6 Å². The van der Waals surface area contributed by atoms with Crippen molar-refractivity contribution in [3.63, 3.8) is 0 Å². The van der Waals surface area contributed by atoms with Crippen LogP contribution < -0.4 is 10.1 Å². The van der Waals surface area contributed by atoms with Crippen LogP contribution in [0.5, 0.6) is 5.75 Å². The Balaban J connectivity index is 2.22. The number of hydrogen-bond donors (Lipinski definition) is 1. The lowest BCUT2D eigenvalue weighted by molar-refractivity contribution is 0.102. The van der Waals surface area contributed by atoms with Crippen molar-refractivity contribution in [2.45, 2.75) is 6.92 Å². The van der Waals surface area contributed by atoms with Gasteiger partial charge in [-0.2, -0.15) is 0 Å². The third kappa shape index (κ3) is 3.48. The van der Waals surface area contributed by atoms with Crippen LogP contribution in [0.3, 0.4) is 0 Å². The average molecular weight is 294 g/mol. The van der Waals surface area contributed by atoms with Gasteiger partial charge in [0.1, 0.15) is 11.6 Å². The molecule has 0 aliphatic rings. The molecule has 20 heavy (non-hydrogen) atoms. The fourth-order valence-electron chi connectivity index (χ4n) is 1.68. The summed E-state index contributed by atoms with van der Waals surface area (Å²) in [6.45, 7) is 2.32. The van der Waals surface area contributed by atoms with Crippen molar-refractivity contribution in [2.75, 3.05) is 11.9 Å². The molecular weight excluding hydrogens is 281 g/mol. The molecule has 0 heterocycles. The van der Waals surface area contributed by atoms with Gasteiger partial charge in [-0.3, -0.25) is 4.79 Å². The molecule has 2 aromatic rings. The van der Waals surface area contributed by atoms with Gasteiger partial charge >= 0.3 is 0 Å². The van der Waals surface area contributed by atoms with Crippen LogP contribution >= 0.6 is 11.6 Å². The van der Waals surface area contributed by atoms with Crippen molar-refractivity contribution >= 4 is 23.2 Å². The van der Waals surface area contributed by atoms with Crippen molar-refractivity contribution in [2.24, 2.45) is 0 Å². The van der Waals surface area contributed by atoms with E-state index in [2.05, 4.69) is 5.32 Å². The Morgan fingerprint density at radius 3 is 2.60 bits per heavy atom. The molecular formula is C15H13ClFNO2. The number of carbonyl (C=O) groups excluding carboxylic acids is 1. The van der Waals surface area contributed by atoms with Crippen LogP contribution in [0.4, 0.5) is 10.1 Å². The van der Waals surface area contributed by atoms with Gasteiger partial charge in [0.05, 0.1) is 12.3 Å². The molecule has 0 aliphatic carbocycles. The van der Waals surface area contributed by atoms with E-state index < -0.39 is 0 Å². The van der Waals surface area contributed by atoms with E-state index >= 15 is 0 Å². The SMILES string of the molecule is CCOc1ccc(Cl)cc1NC(=O)c1ccc(F)cc1. The molecule has 0 saturated carbocycles. The minimum atomic E-state index is -0.390. The molecule has 0 bridgehead atoms. The Bertz CT molecular complexity index is 614. The van der Waals surface area contributed by atoms with E-state index in [0.717, 1.165) is 0 Å². The second-order valence-electron chi connectivity index (χ2n) is 4.03. The Labute approximate surface area is 121 Å². The summed E-state index contributed by atoms with van der Waals surface area (Å²) in [5.41, 5.74) is 0.836. The standard InChI is InChI=1S/C15H13ClFNO2/c1-2-20-14-8-5-11(16)9-13(14)18-15(19)10-3-6-12(17)7-4-10/h3-9H,2H2,1H3,(H,18,19). The van der Waals surface area contributed by atoms with Crippen molar-refractivity contribution in [1.82, 2.24) is 0 Å². The monoisotopic (exact) mass is 293 g/mol. The number of carbonyl (C=O) groups is 1. The molecule has 1 N–H and O–H groups in total. The Morgan fingerprint density at radius 1 is 1.25 bits per heavy atom. The van der Waals surface area contributed by atoms with E-state index in [1.807, 2.05) is 6.92 Å². The minimum absolute atomic E-state index is 0.354. The lowest BCUT2D eigenvalue weighted by Gasteiger charge is -2.12. The van der Waals surface area contributed by atoms with Crippen LogP contribution in [-0.2, 0) is 0 Å². The Hall–Kier alpha value is -2.07. The number of benzene rings is 2. The van der Waals surface area contributed by atoms with E-state index in [1.165, 1.54) is 24.3 Å². The fraction of sp³-hybridized carbons (Fsp3) is 0.133. The largest absolute Gasteiger partial charge is 0.492 e. The van der Waals surface area contributed by atoms with Gasteiger partial charge in [-0.1, -0.05) is 11.6 Å². The number of rotatable bonds is 4. The molecule has 0 spiro atoms. The maximum atomic E-state index is 12.8. The molecule has 0 saturated heterocycles. The van der Waals surface area contributed by atoms with Gasteiger partial charge in [-0.25, -0.2) is 4.39 Å². The third-order valence-corrected chi connectivity index (χ3v) is 2.83. The maximum absolute atomic E-state index is 12.8. The molecule has 0 atom stereocenters. The highest BCUT2D eigenvalue weighted by molar-refractivity contribution is 6.31. The summed E-state index contributed by atoms with van der Waals surface area (Å²) in [5, 5.41) is 3.19. The lowest BCUT2D eigenvalue weighted by Crippen LogP contribution is -2.13. The second-order valence-corrected chi connectivity index (χ2v) is 4.47. The Morgan fingerprint density at radius 2 is 1.95 bits per heavy atom. The second kappa shape index (κ2) is 6.39. The number of anilines is 1. The van der Waals surface area contributed by atoms with Gasteiger partial charge in [0.15, 0.2) is 0 Å². The van der Waals surface area contributed by atoms with Gasteiger partial charge in [-0.15, -0.1) is 0 Å². The molecule has 0 fully saturated rings. The van der Waals surface area contributed by atoms with Crippen LogP contribution in [0.25, 0.3) is 0 Å². The summed E-state index contributed by atoms with van der Waals surface area (Å²) in [7, 11) is 0. The number of nitrogens with one attached hydrogen (secondary N) is 1. The van der Waals surface area contributed by atoms with Crippen LogP contribution in [0.1, 0.15) is 17.3 Å². The molecule has 1 amide bonds. The molecule has 104 valence electrons. The summed E-state index contributed by atoms with van der Waals surface area (Å²) in [6, 6.07) is 10.3.